The number of hydrogen-bond acceptors (Lipinski definition) is 4. The number of benzene rings is 1. The average molecular weight is 295 g/mol. The van der Waals surface area contributed by atoms with Gasteiger partial charge in [-0.1, -0.05) is 0 Å². The summed E-state index contributed by atoms with van der Waals surface area (Å²) in [6, 6.07) is 7.16. The fourth-order valence-electron chi connectivity index (χ4n) is 1.97. The van der Waals surface area contributed by atoms with Crippen LogP contribution >= 0.6 is 0 Å². The van der Waals surface area contributed by atoms with Crippen molar-refractivity contribution in [2.45, 2.75) is 32.3 Å². The van der Waals surface area contributed by atoms with Gasteiger partial charge in [0.15, 0.2) is 6.10 Å². The predicted molar refractivity (Wildman–Crippen MR) is 81.7 cm³/mol. The van der Waals surface area contributed by atoms with E-state index in [0.29, 0.717) is 12.3 Å². The molecule has 0 aliphatic carbocycles. The summed E-state index contributed by atoms with van der Waals surface area (Å²) < 4.78 is 10.7. The Morgan fingerprint density at radius 2 is 1.81 bits per heavy atom. The molecule has 1 atom stereocenters. The van der Waals surface area contributed by atoms with Crippen LogP contribution in [0.2, 0.25) is 0 Å². The zero-order valence-electron chi connectivity index (χ0n) is 13.0. The molecule has 0 heterocycles. The molecule has 1 aromatic rings. The molecule has 0 aliphatic heterocycles. The van der Waals surface area contributed by atoms with Crippen molar-refractivity contribution in [1.29, 1.82) is 0 Å². The number of aliphatic hydroxyl groups excluding tert-OH is 1. The van der Waals surface area contributed by atoms with E-state index in [1.807, 2.05) is 0 Å². The lowest BCUT2D eigenvalue weighted by Crippen LogP contribution is -2.38. The van der Waals surface area contributed by atoms with Crippen molar-refractivity contribution >= 4 is 5.91 Å². The fraction of sp³-hybridized carbons (Fsp3) is 0.562. The van der Waals surface area contributed by atoms with E-state index in [9.17, 15) is 4.79 Å². The number of methoxy groups -OCH3 is 1. The maximum atomic E-state index is 12.2. The molecule has 1 unspecified atom stereocenters. The van der Waals surface area contributed by atoms with Crippen LogP contribution in [0.5, 0.6) is 11.5 Å². The van der Waals surface area contributed by atoms with Crippen LogP contribution in [-0.2, 0) is 4.79 Å². The number of nitrogens with zero attached hydrogens (tertiary/aromatic N) is 1. The molecular formula is C16H25NO4. The van der Waals surface area contributed by atoms with E-state index in [1.165, 1.54) is 0 Å². The normalized spacial score (nSPS) is 11.8. The number of likely N-dealkylation sites (N-methyl/N-ethyl adjacent to an activating group) is 1. The lowest BCUT2D eigenvalue weighted by Gasteiger charge is -2.22. The Bertz CT molecular complexity index is 419. The van der Waals surface area contributed by atoms with E-state index in [2.05, 4.69) is 0 Å². The van der Waals surface area contributed by atoms with Gasteiger partial charge in [-0.15, -0.1) is 0 Å². The Morgan fingerprint density at radius 3 is 2.38 bits per heavy atom. The van der Waals surface area contributed by atoms with Crippen molar-refractivity contribution in [1.82, 2.24) is 4.90 Å². The van der Waals surface area contributed by atoms with Gasteiger partial charge in [-0.05, 0) is 50.5 Å². The quantitative estimate of drug-likeness (QED) is 0.709. The Hall–Kier alpha value is -1.75. The number of carbonyl (C=O) groups excluding carboxylic acids is 1. The van der Waals surface area contributed by atoms with Crippen LogP contribution < -0.4 is 9.47 Å². The lowest BCUT2D eigenvalue weighted by molar-refractivity contribution is -0.136. The second-order valence-corrected chi connectivity index (χ2v) is 4.98. The first-order valence-corrected chi connectivity index (χ1v) is 7.25. The molecule has 1 rings (SSSR count). The van der Waals surface area contributed by atoms with Crippen molar-refractivity contribution in [3.63, 3.8) is 0 Å². The average Bonchev–Trinajstić information content (AvgIpc) is 2.51. The summed E-state index contributed by atoms with van der Waals surface area (Å²) in [5, 5.41) is 8.72. The zero-order chi connectivity index (χ0) is 15.7. The van der Waals surface area contributed by atoms with Crippen molar-refractivity contribution in [2.75, 3.05) is 27.3 Å². The molecule has 118 valence electrons. The van der Waals surface area contributed by atoms with Gasteiger partial charge in [0.2, 0.25) is 0 Å². The van der Waals surface area contributed by atoms with E-state index < -0.39 is 6.10 Å². The number of ether oxygens (including phenoxy) is 2. The maximum absolute atomic E-state index is 12.2. The minimum atomic E-state index is -0.527. The number of aliphatic hydroxyl groups is 1. The summed E-state index contributed by atoms with van der Waals surface area (Å²) in [4.78, 5) is 13.8. The molecular weight excluding hydrogens is 270 g/mol. The predicted octanol–water partition coefficient (Wildman–Crippen LogP) is 2.08. The Labute approximate surface area is 126 Å². The van der Waals surface area contributed by atoms with Crippen LogP contribution in [0.3, 0.4) is 0 Å². The number of unbranched alkanes of at least 4 members (excludes halogenated alkanes) is 2. The lowest BCUT2D eigenvalue weighted by atomic mass is 10.2. The van der Waals surface area contributed by atoms with E-state index in [-0.39, 0.29) is 12.5 Å². The van der Waals surface area contributed by atoms with Crippen molar-refractivity contribution < 1.29 is 19.4 Å². The van der Waals surface area contributed by atoms with Crippen LogP contribution in [0.15, 0.2) is 24.3 Å². The highest BCUT2D eigenvalue weighted by Gasteiger charge is 2.18. The third-order valence-corrected chi connectivity index (χ3v) is 3.25. The molecule has 0 bridgehead atoms. The molecule has 5 heteroatoms. The number of carbonyl (C=O) groups is 1. The first kappa shape index (κ1) is 17.3. The summed E-state index contributed by atoms with van der Waals surface area (Å²) in [5.41, 5.74) is 0. The van der Waals surface area contributed by atoms with Crippen molar-refractivity contribution in [2.24, 2.45) is 0 Å². The van der Waals surface area contributed by atoms with Crippen LogP contribution in [-0.4, -0.2) is 49.3 Å². The summed E-state index contributed by atoms with van der Waals surface area (Å²) >= 11 is 0. The molecule has 0 fully saturated rings. The largest absolute Gasteiger partial charge is 0.497 e. The third-order valence-electron chi connectivity index (χ3n) is 3.25. The van der Waals surface area contributed by atoms with Gasteiger partial charge in [0.05, 0.1) is 7.11 Å². The molecule has 0 radical (unpaired) electrons. The molecule has 0 aromatic heterocycles. The summed E-state index contributed by atoms with van der Waals surface area (Å²) in [5.74, 6) is 1.35. The second-order valence-electron chi connectivity index (χ2n) is 4.98. The smallest absolute Gasteiger partial charge is 0.263 e. The van der Waals surface area contributed by atoms with E-state index in [1.54, 1.807) is 50.2 Å². The molecule has 1 N–H and O–H groups in total. The van der Waals surface area contributed by atoms with Gasteiger partial charge in [-0.2, -0.15) is 0 Å². The molecule has 21 heavy (non-hydrogen) atoms. The zero-order valence-corrected chi connectivity index (χ0v) is 13.0. The number of amides is 1. The van der Waals surface area contributed by atoms with E-state index >= 15 is 0 Å². The topological polar surface area (TPSA) is 59.0 Å². The SMILES string of the molecule is COc1ccc(OC(C)C(=O)N(C)CCCCCO)cc1. The van der Waals surface area contributed by atoms with Gasteiger partial charge in [-0.3, -0.25) is 4.79 Å². The summed E-state index contributed by atoms with van der Waals surface area (Å²) in [6.45, 7) is 2.63. The first-order valence-electron chi connectivity index (χ1n) is 7.25. The molecule has 1 amide bonds. The van der Waals surface area contributed by atoms with Gasteiger partial charge >= 0.3 is 0 Å². The maximum Gasteiger partial charge on any atom is 0.263 e. The minimum absolute atomic E-state index is 0.0465. The molecule has 0 aliphatic rings. The van der Waals surface area contributed by atoms with E-state index in [4.69, 9.17) is 14.6 Å². The van der Waals surface area contributed by atoms with Gasteiger partial charge in [0.1, 0.15) is 11.5 Å². The minimum Gasteiger partial charge on any atom is -0.497 e. The van der Waals surface area contributed by atoms with Gasteiger partial charge in [0.25, 0.3) is 5.91 Å². The van der Waals surface area contributed by atoms with Gasteiger partial charge in [-0.25, -0.2) is 0 Å². The molecule has 0 saturated carbocycles. The second kappa shape index (κ2) is 9.23. The van der Waals surface area contributed by atoms with Crippen molar-refractivity contribution in [3.05, 3.63) is 24.3 Å². The van der Waals surface area contributed by atoms with Crippen LogP contribution in [0, 0.1) is 0 Å². The summed E-state index contributed by atoms with van der Waals surface area (Å²) in [7, 11) is 3.38. The fourth-order valence-corrected chi connectivity index (χ4v) is 1.97. The van der Waals surface area contributed by atoms with Crippen LogP contribution in [0.1, 0.15) is 26.2 Å². The standard InChI is InChI=1S/C16H25NO4/c1-13(16(19)17(2)11-5-4-6-12-18)21-15-9-7-14(20-3)8-10-15/h7-10,13,18H,4-6,11-12H2,1-3H3. The first-order chi connectivity index (χ1) is 10.1. The Balaban J connectivity index is 2.41. The highest BCUT2D eigenvalue weighted by atomic mass is 16.5. The molecule has 0 saturated heterocycles. The number of rotatable bonds is 9. The Kier molecular flexibility index (Phi) is 7.61. The monoisotopic (exact) mass is 295 g/mol. The molecule has 1 aromatic carbocycles. The highest BCUT2D eigenvalue weighted by molar-refractivity contribution is 5.80. The Morgan fingerprint density at radius 1 is 1.19 bits per heavy atom. The number of hydrogen-bond donors (Lipinski definition) is 1. The highest BCUT2D eigenvalue weighted by Crippen LogP contribution is 2.18. The molecule has 0 spiro atoms. The summed E-state index contributed by atoms with van der Waals surface area (Å²) in [6.07, 6.45) is 2.06. The van der Waals surface area contributed by atoms with Crippen LogP contribution in [0.25, 0.3) is 0 Å². The van der Waals surface area contributed by atoms with E-state index in [0.717, 1.165) is 25.0 Å². The molecule has 5 nitrogen and oxygen atoms in total. The third kappa shape index (κ3) is 6.04. The van der Waals surface area contributed by atoms with Gasteiger partial charge < -0.3 is 19.5 Å². The van der Waals surface area contributed by atoms with Crippen molar-refractivity contribution in [3.8, 4) is 11.5 Å². The van der Waals surface area contributed by atoms with Crippen LogP contribution in [0.4, 0.5) is 0 Å². The van der Waals surface area contributed by atoms with Gasteiger partial charge in [0, 0.05) is 20.2 Å².